The Hall–Kier alpha value is -2.15. The molecule has 0 unspecified atom stereocenters. The van der Waals surface area contributed by atoms with E-state index in [0.29, 0.717) is 12.2 Å². The molecule has 0 aliphatic carbocycles. The molecule has 7 heteroatoms. The van der Waals surface area contributed by atoms with Crippen molar-refractivity contribution in [1.82, 2.24) is 9.97 Å². The molecule has 0 aliphatic heterocycles. The van der Waals surface area contributed by atoms with E-state index in [1.54, 1.807) is 36.8 Å². The molecule has 1 aromatic heterocycles. The fourth-order valence-corrected chi connectivity index (χ4v) is 2.08. The second-order valence-corrected chi connectivity index (χ2v) is 5.75. The van der Waals surface area contributed by atoms with Gasteiger partial charge in [-0.3, -0.25) is 14.7 Å². The fraction of sp³-hybridized carbons (Fsp3) is 0.167. The summed E-state index contributed by atoms with van der Waals surface area (Å²) < 4.78 is 24.7. The van der Waals surface area contributed by atoms with E-state index in [1.165, 1.54) is 0 Å². The fourth-order valence-electron chi connectivity index (χ4n) is 1.52. The van der Waals surface area contributed by atoms with E-state index >= 15 is 0 Å². The summed E-state index contributed by atoms with van der Waals surface area (Å²) in [6, 6.07) is 7.03. The zero-order valence-corrected chi connectivity index (χ0v) is 11.2. The van der Waals surface area contributed by atoms with Crippen LogP contribution >= 0.6 is 0 Å². The molecule has 0 saturated heterocycles. The van der Waals surface area contributed by atoms with Crippen LogP contribution in [0.4, 0.5) is 11.4 Å². The number of anilines is 2. The van der Waals surface area contributed by atoms with E-state index in [-0.39, 0.29) is 0 Å². The molecule has 0 atom stereocenters. The highest BCUT2D eigenvalue weighted by Gasteiger charge is 2.02. The van der Waals surface area contributed by atoms with Gasteiger partial charge in [0.2, 0.25) is 10.0 Å². The number of aromatic nitrogens is 2. The third kappa shape index (κ3) is 4.55. The third-order valence-electron chi connectivity index (χ3n) is 2.26. The summed E-state index contributed by atoms with van der Waals surface area (Å²) in [7, 11) is -3.26. The Kier molecular flexibility index (Phi) is 3.96. The van der Waals surface area contributed by atoms with Gasteiger partial charge in [0.05, 0.1) is 30.4 Å². The average Bonchev–Trinajstić information content (AvgIpc) is 2.36. The van der Waals surface area contributed by atoms with Gasteiger partial charge in [-0.25, -0.2) is 8.42 Å². The maximum absolute atomic E-state index is 11.1. The molecular weight excluding hydrogens is 264 g/mol. The monoisotopic (exact) mass is 278 g/mol. The number of sulfonamides is 1. The third-order valence-corrected chi connectivity index (χ3v) is 2.86. The lowest BCUT2D eigenvalue weighted by atomic mass is 10.3. The second kappa shape index (κ2) is 5.66. The van der Waals surface area contributed by atoms with E-state index in [0.717, 1.165) is 17.6 Å². The number of benzene rings is 1. The Morgan fingerprint density at radius 1 is 1.21 bits per heavy atom. The maximum Gasteiger partial charge on any atom is 0.229 e. The molecule has 0 aliphatic rings. The summed E-state index contributed by atoms with van der Waals surface area (Å²) in [5, 5.41) is 3.15. The minimum absolute atomic E-state index is 0.520. The first-order chi connectivity index (χ1) is 9.03. The van der Waals surface area contributed by atoms with Crippen LogP contribution < -0.4 is 10.0 Å². The van der Waals surface area contributed by atoms with Gasteiger partial charge >= 0.3 is 0 Å². The Morgan fingerprint density at radius 3 is 2.68 bits per heavy atom. The Bertz CT molecular complexity index is 644. The van der Waals surface area contributed by atoms with Crippen LogP contribution in [0.15, 0.2) is 42.9 Å². The molecule has 0 saturated carbocycles. The van der Waals surface area contributed by atoms with Gasteiger partial charge in [0.25, 0.3) is 0 Å². The summed E-state index contributed by atoms with van der Waals surface area (Å²) >= 11 is 0. The highest BCUT2D eigenvalue weighted by Crippen LogP contribution is 2.16. The van der Waals surface area contributed by atoms with Crippen molar-refractivity contribution < 1.29 is 8.42 Å². The van der Waals surface area contributed by atoms with Crippen LogP contribution in [0, 0.1) is 0 Å². The van der Waals surface area contributed by atoms with Crippen molar-refractivity contribution >= 4 is 21.4 Å². The van der Waals surface area contributed by atoms with Crippen molar-refractivity contribution in [1.29, 1.82) is 0 Å². The number of nitrogens with one attached hydrogen (secondary N) is 2. The lowest BCUT2D eigenvalue weighted by Crippen LogP contribution is -2.09. The Labute approximate surface area is 112 Å². The second-order valence-electron chi connectivity index (χ2n) is 4.01. The molecule has 1 heterocycles. The minimum atomic E-state index is -3.26. The number of hydrogen-bond acceptors (Lipinski definition) is 5. The Balaban J connectivity index is 2.03. The Morgan fingerprint density at radius 2 is 2.00 bits per heavy atom. The first-order valence-corrected chi connectivity index (χ1v) is 7.49. The molecule has 2 rings (SSSR count). The number of rotatable bonds is 5. The first-order valence-electron chi connectivity index (χ1n) is 5.59. The lowest BCUT2D eigenvalue weighted by Gasteiger charge is -2.08. The van der Waals surface area contributed by atoms with Gasteiger partial charge in [-0.2, -0.15) is 0 Å². The van der Waals surface area contributed by atoms with Gasteiger partial charge < -0.3 is 5.32 Å². The van der Waals surface area contributed by atoms with Crippen molar-refractivity contribution in [2.75, 3.05) is 16.3 Å². The van der Waals surface area contributed by atoms with Gasteiger partial charge in [0.1, 0.15) is 0 Å². The van der Waals surface area contributed by atoms with Gasteiger partial charge in [0.15, 0.2) is 0 Å². The normalized spacial score (nSPS) is 11.0. The van der Waals surface area contributed by atoms with Crippen LogP contribution in [-0.4, -0.2) is 24.6 Å². The molecule has 100 valence electrons. The van der Waals surface area contributed by atoms with Gasteiger partial charge in [-0.1, -0.05) is 6.07 Å². The zero-order valence-electron chi connectivity index (χ0n) is 10.4. The van der Waals surface area contributed by atoms with Crippen LogP contribution in [-0.2, 0) is 16.6 Å². The summed E-state index contributed by atoms with van der Waals surface area (Å²) in [4.78, 5) is 8.11. The molecule has 0 radical (unpaired) electrons. The highest BCUT2D eigenvalue weighted by atomic mass is 32.2. The predicted octanol–water partition coefficient (Wildman–Crippen LogP) is 1.46. The number of nitrogens with zero attached hydrogens (tertiary/aromatic N) is 2. The van der Waals surface area contributed by atoms with Crippen LogP contribution in [0.5, 0.6) is 0 Å². The summed E-state index contributed by atoms with van der Waals surface area (Å²) in [5.74, 6) is 0. The van der Waals surface area contributed by atoms with Gasteiger partial charge in [-0.15, -0.1) is 0 Å². The topological polar surface area (TPSA) is 84.0 Å². The quantitative estimate of drug-likeness (QED) is 0.865. The van der Waals surface area contributed by atoms with Crippen molar-refractivity contribution in [2.45, 2.75) is 6.54 Å². The largest absolute Gasteiger partial charge is 0.379 e. The molecule has 6 nitrogen and oxygen atoms in total. The summed E-state index contributed by atoms with van der Waals surface area (Å²) in [6.07, 6.45) is 6.02. The molecule has 0 spiro atoms. The molecule has 1 aromatic carbocycles. The molecule has 19 heavy (non-hydrogen) atoms. The first kappa shape index (κ1) is 13.3. The number of hydrogen-bond donors (Lipinski definition) is 2. The molecule has 0 fully saturated rings. The standard InChI is InChI=1S/C12H14N4O2S/c1-19(17,18)16-11-4-2-3-10(7-11)15-9-12-8-13-5-6-14-12/h2-8,15-16H,9H2,1H3. The van der Waals surface area contributed by atoms with E-state index < -0.39 is 10.0 Å². The lowest BCUT2D eigenvalue weighted by molar-refractivity contribution is 0.607. The van der Waals surface area contributed by atoms with E-state index in [1.807, 2.05) is 6.07 Å². The molecule has 0 bridgehead atoms. The van der Waals surface area contributed by atoms with E-state index in [4.69, 9.17) is 0 Å². The van der Waals surface area contributed by atoms with Crippen molar-refractivity contribution in [3.63, 3.8) is 0 Å². The van der Waals surface area contributed by atoms with E-state index in [9.17, 15) is 8.42 Å². The molecule has 2 N–H and O–H groups in total. The van der Waals surface area contributed by atoms with Crippen LogP contribution in [0.1, 0.15) is 5.69 Å². The van der Waals surface area contributed by atoms with Crippen molar-refractivity contribution in [3.8, 4) is 0 Å². The van der Waals surface area contributed by atoms with Crippen LogP contribution in [0.3, 0.4) is 0 Å². The minimum Gasteiger partial charge on any atom is -0.379 e. The highest BCUT2D eigenvalue weighted by molar-refractivity contribution is 7.92. The predicted molar refractivity (Wildman–Crippen MR) is 74.3 cm³/mol. The van der Waals surface area contributed by atoms with Crippen LogP contribution in [0.2, 0.25) is 0 Å². The van der Waals surface area contributed by atoms with Gasteiger partial charge in [0, 0.05) is 18.1 Å². The molecular formula is C12H14N4O2S. The SMILES string of the molecule is CS(=O)(=O)Nc1cccc(NCc2cnccn2)c1. The maximum atomic E-state index is 11.1. The van der Waals surface area contributed by atoms with Crippen LogP contribution in [0.25, 0.3) is 0 Å². The van der Waals surface area contributed by atoms with E-state index in [2.05, 4.69) is 20.0 Å². The summed E-state index contributed by atoms with van der Waals surface area (Å²) in [5.41, 5.74) is 2.13. The van der Waals surface area contributed by atoms with Crippen molar-refractivity contribution in [3.05, 3.63) is 48.5 Å². The summed E-state index contributed by atoms with van der Waals surface area (Å²) in [6.45, 7) is 0.524. The van der Waals surface area contributed by atoms with Crippen molar-refractivity contribution in [2.24, 2.45) is 0 Å². The zero-order chi connectivity index (χ0) is 13.7. The smallest absolute Gasteiger partial charge is 0.229 e. The molecule has 2 aromatic rings. The van der Waals surface area contributed by atoms with Gasteiger partial charge in [-0.05, 0) is 18.2 Å². The average molecular weight is 278 g/mol. The molecule has 0 amide bonds.